The van der Waals surface area contributed by atoms with E-state index in [2.05, 4.69) is 10.1 Å². The number of benzene rings is 1. The van der Waals surface area contributed by atoms with E-state index in [1.807, 2.05) is 0 Å². The van der Waals surface area contributed by atoms with Gasteiger partial charge >= 0.3 is 5.97 Å². The lowest BCUT2D eigenvalue weighted by molar-refractivity contribution is -0.140. The number of nitrogens with zero attached hydrogens (tertiary/aromatic N) is 1. The van der Waals surface area contributed by atoms with Gasteiger partial charge < -0.3 is 10.1 Å². The van der Waals surface area contributed by atoms with Gasteiger partial charge in [0, 0.05) is 6.04 Å². The van der Waals surface area contributed by atoms with E-state index in [1.54, 1.807) is 19.1 Å². The Bertz CT molecular complexity index is 454. The molecule has 5 heteroatoms. The van der Waals surface area contributed by atoms with Gasteiger partial charge in [-0.2, -0.15) is 5.26 Å². The second kappa shape index (κ2) is 5.85. The molecule has 1 N–H and O–H groups in total. The average Bonchev–Trinajstić information content (AvgIpc) is 2.29. The van der Waals surface area contributed by atoms with Crippen LogP contribution < -0.4 is 5.32 Å². The molecule has 4 nitrogen and oxygen atoms in total. The summed E-state index contributed by atoms with van der Waals surface area (Å²) in [7, 11) is 1.30. The van der Waals surface area contributed by atoms with Crippen molar-refractivity contribution in [2.24, 2.45) is 0 Å². The van der Waals surface area contributed by atoms with E-state index in [0.29, 0.717) is 5.69 Å². The van der Waals surface area contributed by atoms with E-state index >= 15 is 0 Å². The standard InChI is InChI=1S/C12H13FN2O2/c1-8(6-12(16)17-2)15-11-5-3-4-10(13)9(11)7-14/h3-5,8,15H,6H2,1-2H3. The molecule has 0 spiro atoms. The normalized spacial score (nSPS) is 11.4. The third kappa shape index (κ3) is 3.45. The largest absolute Gasteiger partial charge is 0.469 e. The summed E-state index contributed by atoms with van der Waals surface area (Å²) in [6.45, 7) is 1.75. The molecule has 17 heavy (non-hydrogen) atoms. The molecule has 1 unspecified atom stereocenters. The van der Waals surface area contributed by atoms with Crippen LogP contribution in [-0.2, 0) is 9.53 Å². The predicted molar refractivity (Wildman–Crippen MR) is 60.8 cm³/mol. The van der Waals surface area contributed by atoms with E-state index in [9.17, 15) is 9.18 Å². The number of nitriles is 1. The van der Waals surface area contributed by atoms with Gasteiger partial charge in [-0.05, 0) is 19.1 Å². The summed E-state index contributed by atoms with van der Waals surface area (Å²) in [5.74, 6) is -0.942. The Morgan fingerprint density at radius 2 is 2.35 bits per heavy atom. The first-order valence-corrected chi connectivity index (χ1v) is 5.10. The van der Waals surface area contributed by atoms with Crippen molar-refractivity contribution in [3.8, 4) is 6.07 Å². The molecule has 0 radical (unpaired) electrons. The van der Waals surface area contributed by atoms with Crippen LogP contribution in [0.1, 0.15) is 18.9 Å². The molecule has 0 saturated heterocycles. The van der Waals surface area contributed by atoms with Gasteiger partial charge in [0.25, 0.3) is 0 Å². The van der Waals surface area contributed by atoms with E-state index in [1.165, 1.54) is 19.2 Å². The first kappa shape index (κ1) is 13.0. The number of ether oxygens (including phenoxy) is 1. The van der Waals surface area contributed by atoms with Crippen LogP contribution in [0.3, 0.4) is 0 Å². The molecule has 1 atom stereocenters. The van der Waals surface area contributed by atoms with Crippen LogP contribution >= 0.6 is 0 Å². The highest BCUT2D eigenvalue weighted by Gasteiger charge is 2.12. The van der Waals surface area contributed by atoms with Crippen molar-refractivity contribution in [3.63, 3.8) is 0 Å². The number of carbonyl (C=O) groups excluding carboxylic acids is 1. The van der Waals surface area contributed by atoms with Crippen LogP contribution in [0.5, 0.6) is 0 Å². The molecule has 90 valence electrons. The van der Waals surface area contributed by atoms with Gasteiger partial charge in [0.1, 0.15) is 17.4 Å². The van der Waals surface area contributed by atoms with Crippen LogP contribution in [-0.4, -0.2) is 19.1 Å². The van der Waals surface area contributed by atoms with Crippen molar-refractivity contribution in [2.75, 3.05) is 12.4 Å². The highest BCUT2D eigenvalue weighted by Crippen LogP contribution is 2.19. The van der Waals surface area contributed by atoms with Gasteiger partial charge in [0.2, 0.25) is 0 Å². The molecule has 1 aromatic rings. The lowest BCUT2D eigenvalue weighted by Crippen LogP contribution is -2.21. The Morgan fingerprint density at radius 3 is 2.94 bits per heavy atom. The number of hydrogen-bond acceptors (Lipinski definition) is 4. The van der Waals surface area contributed by atoms with Crippen LogP contribution in [0, 0.1) is 17.1 Å². The second-order valence-corrected chi connectivity index (χ2v) is 3.60. The maximum atomic E-state index is 13.3. The fraction of sp³-hybridized carbons (Fsp3) is 0.333. The van der Waals surface area contributed by atoms with Crippen LogP contribution in [0.15, 0.2) is 18.2 Å². The molecular weight excluding hydrogens is 223 g/mol. The minimum atomic E-state index is -0.581. The number of halogens is 1. The van der Waals surface area contributed by atoms with Gasteiger partial charge in [0.15, 0.2) is 0 Å². The summed E-state index contributed by atoms with van der Waals surface area (Å²) < 4.78 is 17.8. The average molecular weight is 236 g/mol. The third-order valence-corrected chi connectivity index (χ3v) is 2.23. The van der Waals surface area contributed by atoms with Crippen molar-refractivity contribution >= 4 is 11.7 Å². The molecule has 0 aliphatic carbocycles. The van der Waals surface area contributed by atoms with Crippen LogP contribution in [0.4, 0.5) is 10.1 Å². The molecule has 0 heterocycles. The smallest absolute Gasteiger partial charge is 0.307 e. The number of esters is 1. The number of carbonyl (C=O) groups is 1. The maximum absolute atomic E-state index is 13.3. The van der Waals surface area contributed by atoms with Crippen molar-refractivity contribution < 1.29 is 13.9 Å². The van der Waals surface area contributed by atoms with Gasteiger partial charge in [-0.3, -0.25) is 4.79 Å². The van der Waals surface area contributed by atoms with Crippen LogP contribution in [0.25, 0.3) is 0 Å². The predicted octanol–water partition coefficient (Wildman–Crippen LogP) is 2.06. The van der Waals surface area contributed by atoms with E-state index in [-0.39, 0.29) is 24.0 Å². The quantitative estimate of drug-likeness (QED) is 0.813. The van der Waals surface area contributed by atoms with Gasteiger partial charge in [-0.1, -0.05) is 6.07 Å². The van der Waals surface area contributed by atoms with Crippen LogP contribution in [0.2, 0.25) is 0 Å². The molecule has 0 aliphatic heterocycles. The highest BCUT2D eigenvalue weighted by molar-refractivity contribution is 5.71. The summed E-state index contributed by atoms with van der Waals surface area (Å²) in [6, 6.07) is 5.86. The fourth-order valence-electron chi connectivity index (χ4n) is 1.41. The lowest BCUT2D eigenvalue weighted by Gasteiger charge is -2.15. The topological polar surface area (TPSA) is 62.1 Å². The van der Waals surface area contributed by atoms with Crippen molar-refractivity contribution in [1.82, 2.24) is 0 Å². The molecule has 1 rings (SSSR count). The third-order valence-electron chi connectivity index (χ3n) is 2.23. The summed E-state index contributed by atoms with van der Waals surface area (Å²) in [6.07, 6.45) is 0.151. The first-order valence-electron chi connectivity index (χ1n) is 5.10. The van der Waals surface area contributed by atoms with E-state index in [0.717, 1.165) is 0 Å². The van der Waals surface area contributed by atoms with Crippen molar-refractivity contribution in [1.29, 1.82) is 5.26 Å². The number of rotatable bonds is 4. The second-order valence-electron chi connectivity index (χ2n) is 3.60. The number of hydrogen-bond donors (Lipinski definition) is 1. The SMILES string of the molecule is COC(=O)CC(C)Nc1cccc(F)c1C#N. The zero-order valence-corrected chi connectivity index (χ0v) is 9.66. The molecule has 0 saturated carbocycles. The van der Waals surface area contributed by atoms with Crippen molar-refractivity contribution in [2.45, 2.75) is 19.4 Å². The zero-order chi connectivity index (χ0) is 12.8. The van der Waals surface area contributed by atoms with Gasteiger partial charge in [-0.25, -0.2) is 4.39 Å². The van der Waals surface area contributed by atoms with Gasteiger partial charge in [-0.15, -0.1) is 0 Å². The van der Waals surface area contributed by atoms with Gasteiger partial charge in [0.05, 0.1) is 19.2 Å². The van der Waals surface area contributed by atoms with Crippen molar-refractivity contribution in [3.05, 3.63) is 29.6 Å². The van der Waals surface area contributed by atoms with E-state index in [4.69, 9.17) is 5.26 Å². The lowest BCUT2D eigenvalue weighted by atomic mass is 10.1. The highest BCUT2D eigenvalue weighted by atomic mass is 19.1. The maximum Gasteiger partial charge on any atom is 0.307 e. The Kier molecular flexibility index (Phi) is 4.46. The zero-order valence-electron chi connectivity index (χ0n) is 9.66. The summed E-state index contributed by atoms with van der Waals surface area (Å²) >= 11 is 0. The number of nitrogens with one attached hydrogen (secondary N) is 1. The molecule has 0 aliphatic rings. The Balaban J connectivity index is 2.79. The molecule has 0 aromatic heterocycles. The Labute approximate surface area is 99.0 Å². The first-order chi connectivity index (χ1) is 8.08. The minimum absolute atomic E-state index is 0.0517. The van der Waals surface area contributed by atoms with E-state index < -0.39 is 5.82 Å². The Morgan fingerprint density at radius 1 is 1.65 bits per heavy atom. The summed E-state index contributed by atoms with van der Waals surface area (Å²) in [4.78, 5) is 11.0. The monoisotopic (exact) mass is 236 g/mol. The molecule has 1 aromatic carbocycles. The summed E-state index contributed by atoms with van der Waals surface area (Å²) in [5.41, 5.74) is 0.327. The number of methoxy groups -OCH3 is 1. The molecule has 0 bridgehead atoms. The Hall–Kier alpha value is -2.09. The molecule has 0 fully saturated rings. The molecular formula is C12H13FN2O2. The summed E-state index contributed by atoms with van der Waals surface area (Å²) in [5, 5.41) is 11.7. The molecule has 0 amide bonds. The fourth-order valence-corrected chi connectivity index (χ4v) is 1.41. The minimum Gasteiger partial charge on any atom is -0.469 e. The number of anilines is 1.